The molecular weight excluding hydrogens is 340 g/mol. The Kier molecular flexibility index (Phi) is 4.08. The summed E-state index contributed by atoms with van der Waals surface area (Å²) >= 11 is 5.02. The highest BCUT2D eigenvalue weighted by molar-refractivity contribution is 9.10. The van der Waals surface area contributed by atoms with Gasteiger partial charge >= 0.3 is 0 Å². The minimum absolute atomic E-state index is 0.496. The van der Waals surface area contributed by atoms with Crippen molar-refractivity contribution in [2.24, 2.45) is 0 Å². The lowest BCUT2D eigenvalue weighted by Gasteiger charge is -2.05. The van der Waals surface area contributed by atoms with Gasteiger partial charge < -0.3 is 4.74 Å². The molecule has 2 aromatic heterocycles. The predicted octanol–water partition coefficient (Wildman–Crippen LogP) is 3.24. The number of ether oxygens (including phenoxy) is 1. The fourth-order valence-corrected chi connectivity index (χ4v) is 2.66. The summed E-state index contributed by atoms with van der Waals surface area (Å²) in [5.74, 6) is 1.46. The van der Waals surface area contributed by atoms with Crippen molar-refractivity contribution in [1.29, 1.82) is 0 Å². The number of tetrazole rings is 1. The zero-order valence-electron chi connectivity index (χ0n) is 10.4. The Hall–Kier alpha value is -1.73. The summed E-state index contributed by atoms with van der Waals surface area (Å²) in [5, 5.41) is 16.3. The number of rotatable bonds is 5. The van der Waals surface area contributed by atoms with E-state index in [2.05, 4.69) is 31.3 Å². The van der Waals surface area contributed by atoms with Crippen LogP contribution in [-0.4, -0.2) is 26.8 Å². The van der Waals surface area contributed by atoms with Gasteiger partial charge in [-0.25, -0.2) is 0 Å². The van der Waals surface area contributed by atoms with Crippen LogP contribution in [0.3, 0.4) is 0 Å². The average Bonchev–Trinajstić information content (AvgIpc) is 3.09. The molecule has 0 saturated carbocycles. The Morgan fingerprint density at radius 3 is 3.05 bits per heavy atom. The molecule has 1 aromatic carbocycles. The average molecular weight is 351 g/mol. The molecule has 0 saturated heterocycles. The Labute approximate surface area is 128 Å². The van der Waals surface area contributed by atoms with E-state index in [1.54, 1.807) is 16.1 Å². The second-order valence-electron chi connectivity index (χ2n) is 4.03. The normalized spacial score (nSPS) is 10.7. The molecule has 0 fully saturated rings. The van der Waals surface area contributed by atoms with Gasteiger partial charge in [-0.2, -0.15) is 16.1 Å². The second-order valence-corrected chi connectivity index (χ2v) is 5.72. The maximum atomic E-state index is 5.63. The van der Waals surface area contributed by atoms with E-state index in [1.807, 2.05) is 41.1 Å². The van der Waals surface area contributed by atoms with Gasteiger partial charge in [0.25, 0.3) is 0 Å². The van der Waals surface area contributed by atoms with Crippen molar-refractivity contribution < 1.29 is 4.74 Å². The maximum absolute atomic E-state index is 5.63. The van der Waals surface area contributed by atoms with Crippen molar-refractivity contribution in [2.45, 2.75) is 6.54 Å². The molecular formula is C13H11BrN4OS. The van der Waals surface area contributed by atoms with E-state index in [0.717, 1.165) is 15.8 Å². The highest BCUT2D eigenvalue weighted by atomic mass is 79.9. The molecule has 0 radical (unpaired) electrons. The van der Waals surface area contributed by atoms with Crippen molar-refractivity contribution in [2.75, 3.05) is 6.61 Å². The molecule has 102 valence electrons. The molecule has 0 aliphatic carbocycles. The van der Waals surface area contributed by atoms with Crippen LogP contribution in [0.1, 0.15) is 0 Å². The van der Waals surface area contributed by atoms with E-state index in [4.69, 9.17) is 4.74 Å². The molecule has 0 aliphatic heterocycles. The van der Waals surface area contributed by atoms with Crippen LogP contribution in [0.5, 0.6) is 5.75 Å². The Morgan fingerprint density at radius 2 is 2.25 bits per heavy atom. The van der Waals surface area contributed by atoms with Gasteiger partial charge in [-0.15, -0.1) is 10.2 Å². The first-order valence-corrected chi connectivity index (χ1v) is 7.73. The summed E-state index contributed by atoms with van der Waals surface area (Å²) < 4.78 is 6.63. The van der Waals surface area contributed by atoms with Crippen molar-refractivity contribution in [1.82, 2.24) is 20.2 Å². The first-order chi connectivity index (χ1) is 9.81. The van der Waals surface area contributed by atoms with E-state index < -0.39 is 0 Å². The van der Waals surface area contributed by atoms with Crippen molar-refractivity contribution in [3.05, 3.63) is 45.6 Å². The van der Waals surface area contributed by atoms with E-state index in [9.17, 15) is 0 Å². The van der Waals surface area contributed by atoms with Gasteiger partial charge in [-0.3, -0.25) is 0 Å². The topological polar surface area (TPSA) is 52.8 Å². The van der Waals surface area contributed by atoms with Gasteiger partial charge in [0, 0.05) is 15.4 Å². The zero-order chi connectivity index (χ0) is 13.8. The van der Waals surface area contributed by atoms with Crippen LogP contribution in [0.4, 0.5) is 0 Å². The standard InChI is InChI=1S/C13H11BrN4OS/c14-11-2-1-3-12(8-11)19-6-5-18-16-13(15-17-18)10-4-7-20-9-10/h1-4,7-9H,5-6H2. The van der Waals surface area contributed by atoms with Crippen molar-refractivity contribution in [3.63, 3.8) is 0 Å². The molecule has 0 bridgehead atoms. The summed E-state index contributed by atoms with van der Waals surface area (Å²) in [7, 11) is 0. The number of nitrogens with zero attached hydrogens (tertiary/aromatic N) is 4. The van der Waals surface area contributed by atoms with Crippen LogP contribution in [0, 0.1) is 0 Å². The summed E-state index contributed by atoms with van der Waals surface area (Å²) in [5.41, 5.74) is 0.995. The molecule has 7 heteroatoms. The number of hydrogen-bond acceptors (Lipinski definition) is 5. The van der Waals surface area contributed by atoms with E-state index in [1.165, 1.54) is 0 Å². The highest BCUT2D eigenvalue weighted by Crippen LogP contribution is 2.18. The molecule has 0 atom stereocenters. The molecule has 0 aliphatic rings. The SMILES string of the molecule is Brc1cccc(OCCn2nnc(-c3ccsc3)n2)c1. The molecule has 3 aromatic rings. The Morgan fingerprint density at radius 1 is 1.30 bits per heavy atom. The number of benzene rings is 1. The molecule has 2 heterocycles. The van der Waals surface area contributed by atoms with Crippen LogP contribution in [0.15, 0.2) is 45.6 Å². The smallest absolute Gasteiger partial charge is 0.205 e. The monoisotopic (exact) mass is 350 g/mol. The lowest BCUT2D eigenvalue weighted by atomic mass is 10.3. The van der Waals surface area contributed by atoms with Crippen LogP contribution in [0.25, 0.3) is 11.4 Å². The molecule has 3 rings (SSSR count). The van der Waals surface area contributed by atoms with Crippen molar-refractivity contribution in [3.8, 4) is 17.1 Å². The summed E-state index contributed by atoms with van der Waals surface area (Å²) in [6.45, 7) is 1.06. The van der Waals surface area contributed by atoms with E-state index in [0.29, 0.717) is 19.0 Å². The third-order valence-electron chi connectivity index (χ3n) is 2.59. The number of thiophene rings is 1. The lowest BCUT2D eigenvalue weighted by Crippen LogP contribution is -2.11. The molecule has 0 amide bonds. The minimum Gasteiger partial charge on any atom is -0.492 e. The summed E-state index contributed by atoms with van der Waals surface area (Å²) in [4.78, 5) is 1.55. The Bertz CT molecular complexity index is 683. The summed E-state index contributed by atoms with van der Waals surface area (Å²) in [6, 6.07) is 9.70. The van der Waals surface area contributed by atoms with Crippen LogP contribution in [-0.2, 0) is 6.54 Å². The molecule has 5 nitrogen and oxygen atoms in total. The van der Waals surface area contributed by atoms with Crippen LogP contribution in [0.2, 0.25) is 0 Å². The second kappa shape index (κ2) is 6.15. The highest BCUT2D eigenvalue weighted by Gasteiger charge is 2.06. The third kappa shape index (κ3) is 3.23. The first kappa shape index (κ1) is 13.3. The largest absolute Gasteiger partial charge is 0.492 e. The number of hydrogen-bond donors (Lipinski definition) is 0. The Balaban J connectivity index is 1.57. The van der Waals surface area contributed by atoms with E-state index >= 15 is 0 Å². The molecule has 0 spiro atoms. The lowest BCUT2D eigenvalue weighted by molar-refractivity contribution is 0.280. The van der Waals surface area contributed by atoms with Gasteiger partial charge in [0.1, 0.15) is 12.4 Å². The fourth-order valence-electron chi connectivity index (χ4n) is 1.65. The van der Waals surface area contributed by atoms with Gasteiger partial charge in [0.05, 0.1) is 6.54 Å². The third-order valence-corrected chi connectivity index (χ3v) is 3.76. The van der Waals surface area contributed by atoms with Gasteiger partial charge in [0.2, 0.25) is 5.82 Å². The number of aromatic nitrogens is 4. The van der Waals surface area contributed by atoms with Gasteiger partial charge in [0.15, 0.2) is 0 Å². The van der Waals surface area contributed by atoms with Crippen molar-refractivity contribution >= 4 is 27.3 Å². The van der Waals surface area contributed by atoms with Gasteiger partial charge in [-0.1, -0.05) is 22.0 Å². The predicted molar refractivity (Wildman–Crippen MR) is 80.8 cm³/mol. The van der Waals surface area contributed by atoms with Crippen LogP contribution < -0.4 is 4.74 Å². The van der Waals surface area contributed by atoms with E-state index in [-0.39, 0.29) is 0 Å². The first-order valence-electron chi connectivity index (χ1n) is 6.00. The molecule has 0 N–H and O–H groups in total. The quantitative estimate of drug-likeness (QED) is 0.708. The molecule has 0 unspecified atom stereocenters. The summed E-state index contributed by atoms with van der Waals surface area (Å²) in [6.07, 6.45) is 0. The fraction of sp³-hybridized carbons (Fsp3) is 0.154. The van der Waals surface area contributed by atoms with Gasteiger partial charge in [-0.05, 0) is 34.9 Å². The minimum atomic E-state index is 0.496. The van der Waals surface area contributed by atoms with Crippen LogP contribution >= 0.6 is 27.3 Å². The maximum Gasteiger partial charge on any atom is 0.205 e. The zero-order valence-corrected chi connectivity index (χ0v) is 12.8. The number of halogens is 1. The molecule has 20 heavy (non-hydrogen) atoms.